The predicted octanol–water partition coefficient (Wildman–Crippen LogP) is 5.71. The normalized spacial score (nSPS) is 11.9. The van der Waals surface area contributed by atoms with E-state index >= 15 is 0 Å². The molecule has 0 aliphatic carbocycles. The second-order valence-electron chi connectivity index (χ2n) is 6.80. The lowest BCUT2D eigenvalue weighted by Crippen LogP contribution is -2.10. The van der Waals surface area contributed by atoms with Gasteiger partial charge in [-0.2, -0.15) is 13.7 Å². The third-order valence-corrected chi connectivity index (χ3v) is 6.39. The van der Waals surface area contributed by atoms with E-state index in [1.165, 1.54) is 43.5 Å². The number of ether oxygens (including phenoxy) is 1. The molecular formula is C23H15Cl2N3O4S. The minimum atomic E-state index is -4.19. The molecule has 33 heavy (non-hydrogen) atoms. The van der Waals surface area contributed by atoms with Gasteiger partial charge >= 0.3 is 10.1 Å². The molecule has 10 heteroatoms. The quantitative estimate of drug-likeness (QED) is 0.269. The number of allylic oxidation sites excluding steroid dienone is 1. The number of halogens is 2. The predicted molar refractivity (Wildman–Crippen MR) is 127 cm³/mol. The standard InChI is InChI=1S/C23H15Cl2N3O4S/c1-31-21-12-14(10-15(13-26)23-27-19-4-2-3-5-20(19)28-23)11-18(25)22(21)32-33(29,30)17-8-6-16(24)7-9-17/h2-12H,1H3,(H,27,28)/b15-10+. The van der Waals surface area contributed by atoms with Gasteiger partial charge in [0.15, 0.2) is 5.75 Å². The zero-order valence-corrected chi connectivity index (χ0v) is 19.4. The number of nitrogens with zero attached hydrogens (tertiary/aromatic N) is 2. The van der Waals surface area contributed by atoms with Crippen LogP contribution in [0.2, 0.25) is 10.0 Å². The minimum absolute atomic E-state index is 0.0139. The molecule has 1 N–H and O–H groups in total. The average molecular weight is 500 g/mol. The van der Waals surface area contributed by atoms with Crippen molar-refractivity contribution in [2.24, 2.45) is 0 Å². The van der Waals surface area contributed by atoms with E-state index in [0.717, 1.165) is 11.0 Å². The highest BCUT2D eigenvalue weighted by Gasteiger charge is 2.22. The Labute approximate surface area is 199 Å². The van der Waals surface area contributed by atoms with Crippen molar-refractivity contribution in [1.82, 2.24) is 9.97 Å². The van der Waals surface area contributed by atoms with Crippen LogP contribution in [0.25, 0.3) is 22.7 Å². The lowest BCUT2D eigenvalue weighted by Gasteiger charge is -2.13. The number of para-hydroxylation sites is 2. The Morgan fingerprint density at radius 1 is 1.12 bits per heavy atom. The molecule has 0 saturated heterocycles. The van der Waals surface area contributed by atoms with Gasteiger partial charge < -0.3 is 13.9 Å². The SMILES string of the molecule is COc1cc(/C=C(\C#N)c2nc3ccccc3[nH]2)cc(Cl)c1OS(=O)(=O)c1ccc(Cl)cc1. The fourth-order valence-electron chi connectivity index (χ4n) is 3.06. The van der Waals surface area contributed by atoms with Gasteiger partial charge in [0.25, 0.3) is 0 Å². The molecule has 0 aliphatic heterocycles. The van der Waals surface area contributed by atoms with Crippen molar-refractivity contribution < 1.29 is 17.3 Å². The monoisotopic (exact) mass is 499 g/mol. The maximum Gasteiger partial charge on any atom is 0.339 e. The van der Waals surface area contributed by atoms with E-state index in [0.29, 0.717) is 16.4 Å². The number of aromatic nitrogens is 2. The van der Waals surface area contributed by atoms with Gasteiger partial charge in [-0.3, -0.25) is 0 Å². The molecule has 0 radical (unpaired) electrons. The molecular weight excluding hydrogens is 485 g/mol. The summed E-state index contributed by atoms with van der Waals surface area (Å²) >= 11 is 12.2. The van der Waals surface area contributed by atoms with Gasteiger partial charge in [-0.05, 0) is 60.2 Å². The highest BCUT2D eigenvalue weighted by molar-refractivity contribution is 7.87. The molecule has 0 aliphatic rings. The largest absolute Gasteiger partial charge is 0.493 e. The number of hydrogen-bond acceptors (Lipinski definition) is 6. The maximum atomic E-state index is 12.7. The van der Waals surface area contributed by atoms with Gasteiger partial charge in [-0.1, -0.05) is 35.3 Å². The summed E-state index contributed by atoms with van der Waals surface area (Å²) in [6.45, 7) is 0. The molecule has 1 heterocycles. The van der Waals surface area contributed by atoms with Crippen molar-refractivity contribution in [2.75, 3.05) is 7.11 Å². The van der Waals surface area contributed by atoms with E-state index in [2.05, 4.69) is 16.0 Å². The molecule has 0 atom stereocenters. The second-order valence-corrected chi connectivity index (χ2v) is 9.19. The highest BCUT2D eigenvalue weighted by atomic mass is 35.5. The molecule has 1 aromatic heterocycles. The Balaban J connectivity index is 1.71. The Hall–Kier alpha value is -3.51. The van der Waals surface area contributed by atoms with Crippen LogP contribution >= 0.6 is 23.2 Å². The number of hydrogen-bond donors (Lipinski definition) is 1. The van der Waals surface area contributed by atoms with Crippen LogP contribution in [-0.4, -0.2) is 25.5 Å². The van der Waals surface area contributed by atoms with Crippen molar-refractivity contribution in [3.63, 3.8) is 0 Å². The van der Waals surface area contributed by atoms with E-state index in [4.69, 9.17) is 32.1 Å². The van der Waals surface area contributed by atoms with Crippen LogP contribution in [0.15, 0.2) is 65.6 Å². The summed E-state index contributed by atoms with van der Waals surface area (Å²) in [5, 5.41) is 10.0. The third kappa shape index (κ3) is 4.81. The summed E-state index contributed by atoms with van der Waals surface area (Å²) in [7, 11) is -2.84. The van der Waals surface area contributed by atoms with E-state index in [-0.39, 0.29) is 27.0 Å². The number of rotatable bonds is 6. The smallest absolute Gasteiger partial charge is 0.339 e. The summed E-state index contributed by atoms with van der Waals surface area (Å²) in [5.74, 6) is 0.293. The van der Waals surface area contributed by atoms with Crippen LogP contribution in [0.5, 0.6) is 11.5 Å². The minimum Gasteiger partial charge on any atom is -0.493 e. The lowest BCUT2D eigenvalue weighted by molar-refractivity contribution is 0.390. The number of imidazole rings is 1. The molecule has 7 nitrogen and oxygen atoms in total. The zero-order valence-electron chi connectivity index (χ0n) is 17.0. The molecule has 0 saturated carbocycles. The van der Waals surface area contributed by atoms with Crippen LogP contribution in [0.4, 0.5) is 0 Å². The fraction of sp³-hybridized carbons (Fsp3) is 0.0435. The summed E-state index contributed by atoms with van der Waals surface area (Å²) in [6, 6.07) is 18.0. The Bertz CT molecular complexity index is 1490. The Kier molecular flexibility index (Phi) is 6.29. The van der Waals surface area contributed by atoms with Gasteiger partial charge in [0.1, 0.15) is 16.8 Å². The summed E-state index contributed by atoms with van der Waals surface area (Å²) in [6.07, 6.45) is 1.56. The number of fused-ring (bicyclic) bond motifs is 1. The van der Waals surface area contributed by atoms with Crippen molar-refractivity contribution in [3.8, 4) is 17.6 Å². The number of aromatic amines is 1. The van der Waals surface area contributed by atoms with Crippen molar-refractivity contribution >= 4 is 56.0 Å². The van der Waals surface area contributed by atoms with Crippen LogP contribution in [0, 0.1) is 11.3 Å². The van der Waals surface area contributed by atoms with Gasteiger partial charge in [-0.25, -0.2) is 4.98 Å². The molecule has 0 spiro atoms. The van der Waals surface area contributed by atoms with Crippen molar-refractivity contribution in [2.45, 2.75) is 4.90 Å². The van der Waals surface area contributed by atoms with Gasteiger partial charge in [0.05, 0.1) is 28.7 Å². The summed E-state index contributed by atoms with van der Waals surface area (Å²) in [4.78, 5) is 7.43. The number of H-pyrrole nitrogens is 1. The van der Waals surface area contributed by atoms with Crippen molar-refractivity contribution in [1.29, 1.82) is 5.26 Å². The average Bonchev–Trinajstić information content (AvgIpc) is 3.23. The first kappa shape index (κ1) is 22.7. The van der Waals surface area contributed by atoms with E-state index in [1.807, 2.05) is 24.3 Å². The van der Waals surface area contributed by atoms with Crippen molar-refractivity contribution in [3.05, 3.63) is 82.1 Å². The lowest BCUT2D eigenvalue weighted by atomic mass is 10.1. The Morgan fingerprint density at radius 3 is 2.52 bits per heavy atom. The first-order valence-corrected chi connectivity index (χ1v) is 11.6. The molecule has 3 aromatic carbocycles. The fourth-order valence-corrected chi connectivity index (χ4v) is 4.45. The number of benzene rings is 3. The van der Waals surface area contributed by atoms with E-state index in [1.54, 1.807) is 6.08 Å². The van der Waals surface area contributed by atoms with Crippen LogP contribution in [-0.2, 0) is 10.1 Å². The van der Waals surface area contributed by atoms with Crippen LogP contribution < -0.4 is 8.92 Å². The topological polar surface area (TPSA) is 105 Å². The number of methoxy groups -OCH3 is 1. The van der Waals surface area contributed by atoms with Gasteiger partial charge in [-0.15, -0.1) is 0 Å². The first-order chi connectivity index (χ1) is 15.8. The third-order valence-electron chi connectivity index (χ3n) is 4.62. The number of nitriles is 1. The van der Waals surface area contributed by atoms with Gasteiger partial charge in [0, 0.05) is 5.02 Å². The second kappa shape index (κ2) is 9.16. The maximum absolute atomic E-state index is 12.7. The summed E-state index contributed by atoms with van der Waals surface area (Å²) in [5.41, 5.74) is 2.26. The Morgan fingerprint density at radius 2 is 1.85 bits per heavy atom. The molecule has 0 bridgehead atoms. The molecule has 0 unspecified atom stereocenters. The van der Waals surface area contributed by atoms with Gasteiger partial charge in [0.2, 0.25) is 5.75 Å². The van der Waals surface area contributed by atoms with E-state index < -0.39 is 10.1 Å². The molecule has 0 fully saturated rings. The van der Waals surface area contributed by atoms with E-state index in [9.17, 15) is 13.7 Å². The molecule has 4 aromatic rings. The molecule has 0 amide bonds. The first-order valence-electron chi connectivity index (χ1n) is 9.45. The number of nitrogens with one attached hydrogen (secondary N) is 1. The van der Waals surface area contributed by atoms with Crippen LogP contribution in [0.3, 0.4) is 0 Å². The molecule has 166 valence electrons. The highest BCUT2D eigenvalue weighted by Crippen LogP contribution is 2.39. The molecule has 4 rings (SSSR count). The van der Waals surface area contributed by atoms with Crippen LogP contribution in [0.1, 0.15) is 11.4 Å². The summed E-state index contributed by atoms with van der Waals surface area (Å²) < 4.78 is 35.9. The zero-order chi connectivity index (χ0) is 23.6.